The van der Waals surface area contributed by atoms with Gasteiger partial charge in [-0.15, -0.1) is 10.2 Å². The van der Waals surface area contributed by atoms with Crippen LogP contribution in [0.2, 0.25) is 0 Å². The van der Waals surface area contributed by atoms with Gasteiger partial charge in [0.15, 0.2) is 5.82 Å². The zero-order valence-electron chi connectivity index (χ0n) is 16.9. The largest absolute Gasteiger partial charge is 0.496 e. The lowest BCUT2D eigenvalue weighted by atomic mass is 10.1. The summed E-state index contributed by atoms with van der Waals surface area (Å²) in [6, 6.07) is 13.7. The molecule has 0 radical (unpaired) electrons. The topological polar surface area (TPSA) is 69.0 Å². The summed E-state index contributed by atoms with van der Waals surface area (Å²) >= 11 is 0. The van der Waals surface area contributed by atoms with Gasteiger partial charge in [-0.25, -0.2) is 0 Å². The van der Waals surface area contributed by atoms with Gasteiger partial charge in [0.05, 0.1) is 13.5 Å². The van der Waals surface area contributed by atoms with E-state index < -0.39 is 0 Å². The Balaban J connectivity index is 1.46. The first-order valence-electron chi connectivity index (χ1n) is 10.1. The smallest absolute Gasteiger partial charge is 0.228 e. The maximum absolute atomic E-state index is 12.5. The van der Waals surface area contributed by atoms with Gasteiger partial charge in [-0.05, 0) is 50.1 Å². The Morgan fingerprint density at radius 3 is 2.72 bits per heavy atom. The van der Waals surface area contributed by atoms with Crippen molar-refractivity contribution in [2.75, 3.05) is 12.4 Å². The number of fused-ring (bicyclic) bond motifs is 1. The average Bonchev–Trinajstić information content (AvgIpc) is 2.97. The molecule has 0 bridgehead atoms. The molecule has 2 aromatic carbocycles. The number of aryl methyl sites for hydroxylation is 2. The molecule has 150 valence electrons. The summed E-state index contributed by atoms with van der Waals surface area (Å²) in [5, 5.41) is 11.7. The minimum absolute atomic E-state index is 0.0713. The maximum atomic E-state index is 12.5. The number of aromatic nitrogens is 3. The van der Waals surface area contributed by atoms with E-state index in [1.807, 2.05) is 49.4 Å². The molecule has 1 aliphatic heterocycles. The number of benzene rings is 2. The summed E-state index contributed by atoms with van der Waals surface area (Å²) in [5.74, 6) is 2.64. The number of methoxy groups -OCH3 is 1. The summed E-state index contributed by atoms with van der Waals surface area (Å²) in [6.07, 6.45) is 4.83. The Morgan fingerprint density at radius 1 is 1.10 bits per heavy atom. The first-order valence-corrected chi connectivity index (χ1v) is 10.1. The predicted molar refractivity (Wildman–Crippen MR) is 113 cm³/mol. The van der Waals surface area contributed by atoms with Crippen LogP contribution >= 0.6 is 0 Å². The van der Waals surface area contributed by atoms with Crippen LogP contribution in [-0.2, 0) is 24.2 Å². The zero-order valence-corrected chi connectivity index (χ0v) is 16.9. The Hall–Kier alpha value is -3.15. The van der Waals surface area contributed by atoms with Crippen molar-refractivity contribution in [1.29, 1.82) is 0 Å². The highest BCUT2D eigenvalue weighted by atomic mass is 16.5. The second-order valence-electron chi connectivity index (χ2n) is 7.52. The summed E-state index contributed by atoms with van der Waals surface area (Å²) in [6.45, 7) is 2.97. The van der Waals surface area contributed by atoms with Crippen molar-refractivity contribution in [3.63, 3.8) is 0 Å². The predicted octanol–water partition coefficient (Wildman–Crippen LogP) is 4.17. The SMILES string of the molecule is COc1ccc(C)cc1CC(=O)Nc1ccc(-c2nnc3n2CCCCC3)cc1. The van der Waals surface area contributed by atoms with Gasteiger partial charge in [0, 0.05) is 29.8 Å². The standard InChI is InChI=1S/C23H26N4O2/c1-16-7-12-20(29-2)18(14-16)15-22(28)24-19-10-8-17(9-11-19)23-26-25-21-6-4-3-5-13-27(21)23/h7-12,14H,3-6,13,15H2,1-2H3,(H,24,28). The van der Waals surface area contributed by atoms with E-state index in [4.69, 9.17) is 4.74 Å². The molecular formula is C23H26N4O2. The minimum atomic E-state index is -0.0713. The molecule has 6 nitrogen and oxygen atoms in total. The molecule has 0 saturated heterocycles. The number of anilines is 1. The lowest BCUT2D eigenvalue weighted by Crippen LogP contribution is -2.15. The first kappa shape index (κ1) is 19.2. The number of rotatable bonds is 5. The average molecular weight is 390 g/mol. The third-order valence-electron chi connectivity index (χ3n) is 5.32. The molecule has 0 aliphatic carbocycles. The van der Waals surface area contributed by atoms with Crippen LogP contribution in [0.15, 0.2) is 42.5 Å². The van der Waals surface area contributed by atoms with Crippen molar-refractivity contribution in [2.45, 2.75) is 45.6 Å². The van der Waals surface area contributed by atoms with Crippen LogP contribution in [0.4, 0.5) is 5.69 Å². The summed E-state index contributed by atoms with van der Waals surface area (Å²) in [5.41, 5.74) is 3.77. The molecule has 1 amide bonds. The van der Waals surface area contributed by atoms with Crippen LogP contribution in [0.3, 0.4) is 0 Å². The molecule has 29 heavy (non-hydrogen) atoms. The van der Waals surface area contributed by atoms with Gasteiger partial charge in [-0.2, -0.15) is 0 Å². The van der Waals surface area contributed by atoms with E-state index in [0.29, 0.717) is 0 Å². The van der Waals surface area contributed by atoms with Gasteiger partial charge < -0.3 is 14.6 Å². The van der Waals surface area contributed by atoms with Crippen LogP contribution in [0.1, 0.15) is 36.2 Å². The van der Waals surface area contributed by atoms with Crippen molar-refractivity contribution in [1.82, 2.24) is 14.8 Å². The van der Waals surface area contributed by atoms with Crippen molar-refractivity contribution >= 4 is 11.6 Å². The number of carbonyl (C=O) groups is 1. The van der Waals surface area contributed by atoms with E-state index >= 15 is 0 Å². The van der Waals surface area contributed by atoms with Crippen molar-refractivity contribution < 1.29 is 9.53 Å². The molecule has 3 aromatic rings. The molecular weight excluding hydrogens is 364 g/mol. The van der Waals surface area contributed by atoms with E-state index in [2.05, 4.69) is 20.1 Å². The maximum Gasteiger partial charge on any atom is 0.228 e. The van der Waals surface area contributed by atoms with Gasteiger partial charge in [0.2, 0.25) is 5.91 Å². The molecule has 1 aliphatic rings. The van der Waals surface area contributed by atoms with Gasteiger partial charge >= 0.3 is 0 Å². The number of hydrogen-bond donors (Lipinski definition) is 1. The van der Waals surface area contributed by atoms with Crippen LogP contribution in [-0.4, -0.2) is 27.8 Å². The van der Waals surface area contributed by atoms with Gasteiger partial charge in [-0.3, -0.25) is 4.79 Å². The third kappa shape index (κ3) is 4.31. The molecule has 2 heterocycles. The van der Waals surface area contributed by atoms with Crippen LogP contribution in [0, 0.1) is 6.92 Å². The van der Waals surface area contributed by atoms with Gasteiger partial charge in [-0.1, -0.05) is 24.1 Å². The molecule has 0 unspecified atom stereocenters. The normalized spacial score (nSPS) is 13.4. The Labute approximate surface area is 170 Å². The van der Waals surface area contributed by atoms with Crippen LogP contribution in [0.5, 0.6) is 5.75 Å². The monoisotopic (exact) mass is 390 g/mol. The highest BCUT2D eigenvalue weighted by Gasteiger charge is 2.16. The summed E-state index contributed by atoms with van der Waals surface area (Å²) in [4.78, 5) is 12.5. The van der Waals surface area contributed by atoms with E-state index in [-0.39, 0.29) is 12.3 Å². The number of nitrogens with one attached hydrogen (secondary N) is 1. The highest BCUT2D eigenvalue weighted by Crippen LogP contribution is 2.25. The van der Waals surface area contributed by atoms with E-state index in [1.165, 1.54) is 12.8 Å². The molecule has 0 fully saturated rings. The zero-order chi connectivity index (χ0) is 20.2. The highest BCUT2D eigenvalue weighted by molar-refractivity contribution is 5.92. The molecule has 0 atom stereocenters. The quantitative estimate of drug-likeness (QED) is 0.710. The van der Waals surface area contributed by atoms with Gasteiger partial charge in [0.25, 0.3) is 0 Å². The fourth-order valence-electron chi connectivity index (χ4n) is 3.82. The second-order valence-corrected chi connectivity index (χ2v) is 7.52. The number of nitrogens with zero attached hydrogens (tertiary/aromatic N) is 3. The van der Waals surface area contributed by atoms with Crippen molar-refractivity contribution in [2.24, 2.45) is 0 Å². The third-order valence-corrected chi connectivity index (χ3v) is 5.32. The number of ether oxygens (including phenoxy) is 1. The molecule has 0 spiro atoms. The first-order chi connectivity index (χ1) is 14.1. The van der Waals surface area contributed by atoms with Crippen LogP contribution in [0.25, 0.3) is 11.4 Å². The lowest BCUT2D eigenvalue weighted by Gasteiger charge is -2.11. The van der Waals surface area contributed by atoms with Gasteiger partial charge in [0.1, 0.15) is 11.6 Å². The van der Waals surface area contributed by atoms with E-state index in [0.717, 1.165) is 59.2 Å². The molecule has 1 N–H and O–H groups in total. The number of amides is 1. The second kappa shape index (κ2) is 8.47. The van der Waals surface area contributed by atoms with Crippen molar-refractivity contribution in [3.05, 3.63) is 59.4 Å². The lowest BCUT2D eigenvalue weighted by molar-refractivity contribution is -0.115. The Bertz CT molecular complexity index is 1010. The van der Waals surface area contributed by atoms with Crippen molar-refractivity contribution in [3.8, 4) is 17.1 Å². The summed E-state index contributed by atoms with van der Waals surface area (Å²) in [7, 11) is 1.62. The molecule has 0 saturated carbocycles. The van der Waals surface area contributed by atoms with E-state index in [9.17, 15) is 4.79 Å². The molecule has 1 aromatic heterocycles. The number of carbonyl (C=O) groups excluding carboxylic acids is 1. The molecule has 4 rings (SSSR count). The Kier molecular flexibility index (Phi) is 5.60. The fourth-order valence-corrected chi connectivity index (χ4v) is 3.82. The Morgan fingerprint density at radius 2 is 1.93 bits per heavy atom. The number of hydrogen-bond acceptors (Lipinski definition) is 4. The summed E-state index contributed by atoms with van der Waals surface area (Å²) < 4.78 is 7.59. The molecule has 6 heteroatoms. The van der Waals surface area contributed by atoms with Crippen LogP contribution < -0.4 is 10.1 Å². The minimum Gasteiger partial charge on any atom is -0.496 e. The van der Waals surface area contributed by atoms with E-state index in [1.54, 1.807) is 7.11 Å². The fraction of sp³-hybridized carbons (Fsp3) is 0.348.